The van der Waals surface area contributed by atoms with E-state index >= 15 is 0 Å². The molecule has 0 radical (unpaired) electrons. The third-order valence-corrected chi connectivity index (χ3v) is 5.27. The van der Waals surface area contributed by atoms with Gasteiger partial charge in [-0.15, -0.1) is 9.79 Å². The van der Waals surface area contributed by atoms with Gasteiger partial charge in [0.05, 0.1) is 0 Å². The lowest BCUT2D eigenvalue weighted by Crippen LogP contribution is -1.85. The van der Waals surface area contributed by atoms with Crippen LogP contribution in [0.1, 0.15) is 110 Å². The minimum absolute atomic E-state index is 0. The molecule has 10 heteroatoms. The van der Waals surface area contributed by atoms with Crippen LogP contribution in [-0.4, -0.2) is 21.5 Å². The Hall–Kier alpha value is -0.0400. The van der Waals surface area contributed by atoms with Crippen LogP contribution in [0.4, 0.5) is 0 Å². The van der Waals surface area contributed by atoms with E-state index in [1.54, 1.807) is 0 Å². The van der Waals surface area contributed by atoms with Crippen molar-refractivity contribution >= 4 is 16.5 Å². The Balaban J connectivity index is -0.000000274. The van der Waals surface area contributed by atoms with Crippen molar-refractivity contribution in [2.24, 2.45) is 0 Å². The SMILES string of the molecule is CCCCCCCCCCCCCCCCCCO.N.N.O=[P+](O)O[P+](=O)O. The van der Waals surface area contributed by atoms with Gasteiger partial charge in [0.25, 0.3) is 0 Å². The number of rotatable bonds is 18. The highest BCUT2D eigenvalue weighted by Crippen LogP contribution is 2.30. The van der Waals surface area contributed by atoms with Crippen LogP contribution in [0.5, 0.6) is 0 Å². The standard InChI is InChI=1S/C18H38O.2H3N.O5P2/c1-2-3-4-5-6-7-8-9-10-11-12-13-14-15-16-17-18-19;;;1-6(2)5-7(3)4/h19H,2-18H2,1H3;2*1H3;/p+2. The van der Waals surface area contributed by atoms with E-state index in [0.29, 0.717) is 6.61 Å². The van der Waals surface area contributed by atoms with Crippen molar-refractivity contribution in [3.05, 3.63) is 0 Å². The van der Waals surface area contributed by atoms with Gasteiger partial charge in [0, 0.05) is 15.7 Å². The number of aliphatic hydroxyl groups excluding tert-OH is 1. The minimum atomic E-state index is -2.92. The topological polar surface area (TPSA) is 174 Å². The smallest absolute Gasteiger partial charge is 0.396 e. The molecular weight excluding hydrogens is 402 g/mol. The molecule has 2 unspecified atom stereocenters. The normalized spacial score (nSPS) is 10.9. The highest BCUT2D eigenvalue weighted by molar-refractivity contribution is 7.46. The van der Waals surface area contributed by atoms with Crippen molar-refractivity contribution in [3.63, 3.8) is 0 Å². The molecule has 0 fully saturated rings. The second-order valence-electron chi connectivity index (χ2n) is 6.58. The van der Waals surface area contributed by atoms with Crippen LogP contribution in [0.15, 0.2) is 0 Å². The number of aliphatic hydroxyl groups is 1. The van der Waals surface area contributed by atoms with Crippen molar-refractivity contribution in [1.29, 1.82) is 0 Å². The molecular formula is C18H46N2O6P2+2. The average molecular weight is 449 g/mol. The summed E-state index contributed by atoms with van der Waals surface area (Å²) in [5.74, 6) is 0. The molecule has 28 heavy (non-hydrogen) atoms. The Labute approximate surface area is 173 Å². The average Bonchev–Trinajstić information content (AvgIpc) is 2.58. The van der Waals surface area contributed by atoms with Gasteiger partial charge in [-0.2, -0.15) is 0 Å². The molecule has 8 nitrogen and oxygen atoms in total. The maximum absolute atomic E-state index is 9.39. The fourth-order valence-corrected chi connectivity index (χ4v) is 3.20. The second kappa shape index (κ2) is 31.6. The summed E-state index contributed by atoms with van der Waals surface area (Å²) in [6.45, 7) is 2.66. The summed E-state index contributed by atoms with van der Waals surface area (Å²) < 4.78 is 22.2. The van der Waals surface area contributed by atoms with E-state index in [2.05, 4.69) is 11.2 Å². The first-order chi connectivity index (χ1) is 12.5. The molecule has 0 aliphatic rings. The van der Waals surface area contributed by atoms with Crippen LogP contribution in [-0.2, 0) is 13.4 Å². The lowest BCUT2D eigenvalue weighted by molar-refractivity contribution is 0.282. The largest absolute Gasteiger partial charge is 0.745 e. The summed E-state index contributed by atoms with van der Waals surface area (Å²) in [6, 6.07) is 0. The first kappa shape index (κ1) is 35.4. The highest BCUT2D eigenvalue weighted by Gasteiger charge is 2.31. The Bertz CT molecular complexity index is 298. The van der Waals surface area contributed by atoms with Gasteiger partial charge < -0.3 is 17.4 Å². The zero-order valence-electron chi connectivity index (χ0n) is 17.9. The fourth-order valence-electron chi connectivity index (χ4n) is 2.72. The molecule has 0 saturated carbocycles. The molecule has 0 aromatic carbocycles. The Morgan fingerprint density at radius 1 is 0.571 bits per heavy atom. The molecule has 0 aliphatic carbocycles. The molecule has 0 aromatic heterocycles. The zero-order valence-corrected chi connectivity index (χ0v) is 19.7. The van der Waals surface area contributed by atoms with Crippen LogP contribution in [0, 0.1) is 0 Å². The van der Waals surface area contributed by atoms with Crippen LogP contribution in [0.25, 0.3) is 0 Å². The molecule has 0 bridgehead atoms. The fraction of sp³-hybridized carbons (Fsp3) is 1.00. The zero-order chi connectivity index (χ0) is 19.9. The molecule has 0 heterocycles. The third-order valence-electron chi connectivity index (χ3n) is 4.15. The number of unbranched alkanes of at least 4 members (excludes halogenated alkanes) is 15. The van der Waals surface area contributed by atoms with Crippen molar-refractivity contribution in [1.82, 2.24) is 12.3 Å². The van der Waals surface area contributed by atoms with Crippen molar-refractivity contribution in [2.45, 2.75) is 110 Å². The van der Waals surface area contributed by atoms with Crippen molar-refractivity contribution in [2.75, 3.05) is 6.61 Å². The predicted octanol–water partition coefficient (Wildman–Crippen LogP) is 6.87. The molecule has 0 aromatic rings. The van der Waals surface area contributed by atoms with Gasteiger partial charge in [-0.3, -0.25) is 0 Å². The summed E-state index contributed by atoms with van der Waals surface area (Å²) in [5, 5.41) is 8.67. The molecule has 0 amide bonds. The van der Waals surface area contributed by atoms with Gasteiger partial charge in [-0.05, 0) is 6.42 Å². The van der Waals surface area contributed by atoms with Crippen LogP contribution >= 0.6 is 16.5 Å². The van der Waals surface area contributed by atoms with E-state index in [0.717, 1.165) is 6.42 Å². The van der Waals surface area contributed by atoms with E-state index < -0.39 is 16.5 Å². The molecule has 0 rings (SSSR count). The van der Waals surface area contributed by atoms with Gasteiger partial charge in [-0.1, -0.05) is 103 Å². The first-order valence-electron chi connectivity index (χ1n) is 10.2. The summed E-state index contributed by atoms with van der Waals surface area (Å²) >= 11 is 0. The minimum Gasteiger partial charge on any atom is -0.396 e. The van der Waals surface area contributed by atoms with E-state index in [4.69, 9.17) is 14.9 Å². The first-order valence-corrected chi connectivity index (χ1v) is 12.4. The Kier molecular flexibility index (Phi) is 40.0. The summed E-state index contributed by atoms with van der Waals surface area (Å²) in [4.78, 5) is 15.3. The molecule has 0 spiro atoms. The van der Waals surface area contributed by atoms with E-state index in [1.807, 2.05) is 0 Å². The Morgan fingerprint density at radius 2 is 0.821 bits per heavy atom. The highest BCUT2D eigenvalue weighted by atomic mass is 31.2. The van der Waals surface area contributed by atoms with Crippen LogP contribution in [0.3, 0.4) is 0 Å². The Morgan fingerprint density at radius 3 is 1.00 bits per heavy atom. The predicted molar refractivity (Wildman–Crippen MR) is 117 cm³/mol. The van der Waals surface area contributed by atoms with Crippen LogP contribution in [0.2, 0.25) is 0 Å². The van der Waals surface area contributed by atoms with Gasteiger partial charge in [0.1, 0.15) is 0 Å². The van der Waals surface area contributed by atoms with Crippen molar-refractivity contribution in [3.8, 4) is 0 Å². The lowest BCUT2D eigenvalue weighted by Gasteiger charge is -2.03. The van der Waals surface area contributed by atoms with Crippen molar-refractivity contribution < 1.29 is 28.3 Å². The monoisotopic (exact) mass is 448 g/mol. The maximum atomic E-state index is 9.39. The summed E-state index contributed by atoms with van der Waals surface area (Å²) in [6.07, 6.45) is 22.2. The van der Waals surface area contributed by atoms with E-state index in [-0.39, 0.29) is 12.3 Å². The summed E-state index contributed by atoms with van der Waals surface area (Å²) in [7, 11) is -5.85. The molecule has 9 N–H and O–H groups in total. The molecule has 2 atom stereocenters. The second-order valence-corrected chi connectivity index (χ2v) is 8.19. The van der Waals surface area contributed by atoms with Crippen LogP contribution < -0.4 is 12.3 Å². The number of hydrogen-bond donors (Lipinski definition) is 5. The molecule has 172 valence electrons. The molecule has 0 aliphatic heterocycles. The van der Waals surface area contributed by atoms with Gasteiger partial charge in [-0.25, -0.2) is 0 Å². The van der Waals surface area contributed by atoms with E-state index in [9.17, 15) is 9.13 Å². The van der Waals surface area contributed by atoms with Gasteiger partial charge >= 0.3 is 16.5 Å². The van der Waals surface area contributed by atoms with Gasteiger partial charge in [0.15, 0.2) is 4.31 Å². The number of hydrogen-bond acceptors (Lipinski definition) is 6. The molecule has 0 saturated heterocycles. The maximum Gasteiger partial charge on any atom is 0.745 e. The quantitative estimate of drug-likeness (QED) is 0.111. The third kappa shape index (κ3) is 40.6. The summed E-state index contributed by atoms with van der Waals surface area (Å²) in [5.41, 5.74) is 0. The van der Waals surface area contributed by atoms with E-state index in [1.165, 1.54) is 96.3 Å². The lowest BCUT2D eigenvalue weighted by atomic mass is 10.0. The van der Waals surface area contributed by atoms with Gasteiger partial charge in [0.2, 0.25) is 0 Å².